The molecule has 5 N–H and O–H groups in total. The zero-order valence-electron chi connectivity index (χ0n) is 12.3. The summed E-state index contributed by atoms with van der Waals surface area (Å²) in [6.07, 6.45) is 6.64. The molecule has 0 aliphatic carbocycles. The summed E-state index contributed by atoms with van der Waals surface area (Å²) >= 11 is 0. The lowest BCUT2D eigenvalue weighted by atomic mass is 9.98. The topological polar surface area (TPSA) is 79.7 Å². The third kappa shape index (κ3) is 3.62. The van der Waals surface area contributed by atoms with E-state index in [-0.39, 0.29) is 0 Å². The lowest BCUT2D eigenvalue weighted by molar-refractivity contribution is 0.331. The first-order valence-electron chi connectivity index (χ1n) is 7.51. The fourth-order valence-electron chi connectivity index (χ4n) is 3.04. The van der Waals surface area contributed by atoms with Crippen molar-refractivity contribution in [2.24, 2.45) is 16.5 Å². The number of hydrogen-bond acceptors (Lipinski definition) is 5. The second-order valence-electron chi connectivity index (χ2n) is 5.97. The quantitative estimate of drug-likeness (QED) is 0.768. The number of nitrogens with one attached hydrogen (secondary N) is 1. The predicted octanol–water partition coefficient (Wildman–Crippen LogP) is 0.911. The third-order valence-corrected chi connectivity index (χ3v) is 4.03. The van der Waals surface area contributed by atoms with Gasteiger partial charge in [0.1, 0.15) is 11.5 Å². The van der Waals surface area contributed by atoms with Crippen molar-refractivity contribution in [2.45, 2.75) is 31.5 Å². The number of aliphatic imine (C=N–C) groups is 1. The van der Waals surface area contributed by atoms with E-state index in [9.17, 15) is 0 Å². The molecule has 1 fully saturated rings. The standard InChI is InChI=1S/C16H23N5/c17-15-10-16(18,20-12-19-15)9-13-4-3-5-14(8-13)11-21-6-1-2-7-21/h3-5,8,10,12H,1-2,6-7,9,11,17-18H2,(H,19,20). The van der Waals surface area contributed by atoms with Crippen LogP contribution in [-0.2, 0) is 13.0 Å². The van der Waals surface area contributed by atoms with Crippen molar-refractivity contribution < 1.29 is 0 Å². The minimum Gasteiger partial charge on any atom is -0.385 e. The highest BCUT2D eigenvalue weighted by Gasteiger charge is 2.24. The van der Waals surface area contributed by atoms with E-state index >= 15 is 0 Å². The van der Waals surface area contributed by atoms with Crippen LogP contribution >= 0.6 is 0 Å². The Hall–Kier alpha value is -1.85. The molecule has 0 radical (unpaired) electrons. The van der Waals surface area contributed by atoms with Crippen molar-refractivity contribution in [2.75, 3.05) is 13.1 Å². The molecule has 1 unspecified atom stereocenters. The molecular weight excluding hydrogens is 262 g/mol. The molecule has 1 atom stereocenters. The summed E-state index contributed by atoms with van der Waals surface area (Å²) in [6.45, 7) is 3.44. The summed E-state index contributed by atoms with van der Waals surface area (Å²) in [7, 11) is 0. The summed E-state index contributed by atoms with van der Waals surface area (Å²) in [5, 5.41) is 2.84. The second kappa shape index (κ2) is 5.87. The highest BCUT2D eigenvalue weighted by atomic mass is 15.1. The van der Waals surface area contributed by atoms with Gasteiger partial charge in [-0.3, -0.25) is 4.90 Å². The first-order valence-corrected chi connectivity index (χ1v) is 7.51. The Morgan fingerprint density at radius 2 is 2.00 bits per heavy atom. The Bertz CT molecular complexity index is 560. The first-order chi connectivity index (χ1) is 10.1. The molecule has 1 aromatic rings. The van der Waals surface area contributed by atoms with Crippen molar-refractivity contribution in [1.29, 1.82) is 0 Å². The van der Waals surface area contributed by atoms with Crippen molar-refractivity contribution in [3.8, 4) is 0 Å². The molecule has 2 heterocycles. The van der Waals surface area contributed by atoms with E-state index < -0.39 is 5.66 Å². The van der Waals surface area contributed by atoms with E-state index in [1.807, 2.05) is 0 Å². The number of likely N-dealkylation sites (tertiary alicyclic amines) is 1. The van der Waals surface area contributed by atoms with Crippen LogP contribution in [0, 0.1) is 0 Å². The predicted molar refractivity (Wildman–Crippen MR) is 85.5 cm³/mol. The Morgan fingerprint density at radius 1 is 1.24 bits per heavy atom. The fourth-order valence-corrected chi connectivity index (χ4v) is 3.04. The summed E-state index contributed by atoms with van der Waals surface area (Å²) in [6, 6.07) is 8.61. The van der Waals surface area contributed by atoms with E-state index in [1.54, 1.807) is 12.4 Å². The highest BCUT2D eigenvalue weighted by Crippen LogP contribution is 2.19. The molecule has 2 aliphatic rings. The lowest BCUT2D eigenvalue weighted by Gasteiger charge is -2.25. The molecule has 21 heavy (non-hydrogen) atoms. The molecule has 1 saturated heterocycles. The van der Waals surface area contributed by atoms with Crippen LogP contribution in [-0.4, -0.2) is 30.0 Å². The van der Waals surface area contributed by atoms with E-state index in [4.69, 9.17) is 11.5 Å². The van der Waals surface area contributed by atoms with Crippen LogP contribution in [0.15, 0.2) is 41.2 Å². The zero-order chi connectivity index (χ0) is 14.7. The smallest absolute Gasteiger partial charge is 0.136 e. The van der Waals surface area contributed by atoms with E-state index in [2.05, 4.69) is 39.5 Å². The maximum Gasteiger partial charge on any atom is 0.136 e. The third-order valence-electron chi connectivity index (χ3n) is 4.03. The van der Waals surface area contributed by atoms with Gasteiger partial charge in [0.15, 0.2) is 0 Å². The average Bonchev–Trinajstić information content (AvgIpc) is 2.91. The Morgan fingerprint density at radius 3 is 2.76 bits per heavy atom. The Balaban J connectivity index is 1.70. The van der Waals surface area contributed by atoms with Crippen LogP contribution in [0.4, 0.5) is 0 Å². The molecular formula is C16H23N5. The first kappa shape index (κ1) is 14.1. The number of nitrogens with two attached hydrogens (primary N) is 2. The number of rotatable bonds is 4. The Kier molecular flexibility index (Phi) is 3.94. The zero-order valence-corrected chi connectivity index (χ0v) is 12.3. The van der Waals surface area contributed by atoms with E-state index in [1.165, 1.54) is 37.1 Å². The molecule has 0 amide bonds. The normalized spacial score (nSPS) is 25.7. The van der Waals surface area contributed by atoms with Crippen molar-refractivity contribution in [1.82, 2.24) is 10.2 Å². The number of nitrogens with zero attached hydrogens (tertiary/aromatic N) is 2. The largest absolute Gasteiger partial charge is 0.385 e. The fraction of sp³-hybridized carbons (Fsp3) is 0.438. The minimum absolute atomic E-state index is 0.556. The van der Waals surface area contributed by atoms with Gasteiger partial charge >= 0.3 is 0 Å². The maximum atomic E-state index is 6.29. The molecule has 3 rings (SSSR count). The van der Waals surface area contributed by atoms with E-state index in [0.717, 1.165) is 6.54 Å². The van der Waals surface area contributed by atoms with Crippen molar-refractivity contribution >= 4 is 6.34 Å². The molecule has 0 aromatic heterocycles. The van der Waals surface area contributed by atoms with Gasteiger partial charge in [-0.15, -0.1) is 0 Å². The van der Waals surface area contributed by atoms with Gasteiger partial charge in [-0.25, -0.2) is 4.99 Å². The van der Waals surface area contributed by atoms with E-state index in [0.29, 0.717) is 12.2 Å². The summed E-state index contributed by atoms with van der Waals surface area (Å²) in [5.41, 5.74) is 13.8. The molecule has 0 bridgehead atoms. The Labute approximate surface area is 125 Å². The molecule has 0 spiro atoms. The summed E-state index contributed by atoms with van der Waals surface area (Å²) < 4.78 is 0. The van der Waals surface area contributed by atoms with Crippen LogP contribution in [0.3, 0.4) is 0 Å². The number of benzene rings is 1. The molecule has 2 aliphatic heterocycles. The van der Waals surface area contributed by atoms with Gasteiger partial charge in [-0.2, -0.15) is 0 Å². The highest BCUT2D eigenvalue weighted by molar-refractivity contribution is 5.60. The van der Waals surface area contributed by atoms with Crippen LogP contribution in [0.25, 0.3) is 0 Å². The SMILES string of the molecule is NC1=CC(N)(Cc2cccc(CN3CCCC3)c2)N=CN1. The van der Waals surface area contributed by atoms with Gasteiger partial charge in [-0.05, 0) is 43.1 Å². The van der Waals surface area contributed by atoms with Crippen molar-refractivity contribution in [3.63, 3.8) is 0 Å². The van der Waals surface area contributed by atoms with Crippen LogP contribution in [0.2, 0.25) is 0 Å². The van der Waals surface area contributed by atoms with Gasteiger partial charge in [0.05, 0.1) is 6.34 Å². The van der Waals surface area contributed by atoms with Gasteiger partial charge in [0.2, 0.25) is 0 Å². The van der Waals surface area contributed by atoms with Crippen molar-refractivity contribution in [3.05, 3.63) is 47.3 Å². The monoisotopic (exact) mass is 285 g/mol. The summed E-state index contributed by atoms with van der Waals surface area (Å²) in [5.74, 6) is 0.556. The lowest BCUT2D eigenvalue weighted by Crippen LogP contribution is -2.43. The maximum absolute atomic E-state index is 6.29. The van der Waals surface area contributed by atoms with Gasteiger partial charge in [-0.1, -0.05) is 24.3 Å². The molecule has 0 saturated carbocycles. The molecule has 5 nitrogen and oxygen atoms in total. The summed E-state index contributed by atoms with van der Waals surface area (Å²) in [4.78, 5) is 6.81. The van der Waals surface area contributed by atoms with Crippen LogP contribution in [0.5, 0.6) is 0 Å². The molecule has 112 valence electrons. The van der Waals surface area contributed by atoms with Gasteiger partial charge in [0, 0.05) is 13.0 Å². The van der Waals surface area contributed by atoms with Gasteiger partial charge < -0.3 is 16.8 Å². The van der Waals surface area contributed by atoms with Crippen LogP contribution < -0.4 is 16.8 Å². The van der Waals surface area contributed by atoms with Gasteiger partial charge in [0.25, 0.3) is 0 Å². The molecule has 1 aromatic carbocycles. The van der Waals surface area contributed by atoms with Crippen LogP contribution in [0.1, 0.15) is 24.0 Å². The molecule has 5 heteroatoms. The number of hydrogen-bond donors (Lipinski definition) is 3. The minimum atomic E-state index is -0.748. The second-order valence-corrected chi connectivity index (χ2v) is 5.97. The average molecular weight is 285 g/mol.